The van der Waals surface area contributed by atoms with Crippen molar-refractivity contribution in [3.8, 4) is 5.75 Å². The Labute approximate surface area is 175 Å². The molecule has 7 heteroatoms. The van der Waals surface area contributed by atoms with Crippen molar-refractivity contribution in [1.29, 1.82) is 0 Å². The first-order chi connectivity index (χ1) is 14.3. The summed E-state index contributed by atoms with van der Waals surface area (Å²) in [6, 6.07) is 12.2. The van der Waals surface area contributed by atoms with Crippen LogP contribution in [0.15, 0.2) is 48.5 Å². The van der Waals surface area contributed by atoms with E-state index in [1.807, 2.05) is 12.1 Å². The zero-order valence-corrected chi connectivity index (χ0v) is 17.0. The van der Waals surface area contributed by atoms with Gasteiger partial charge in [0.1, 0.15) is 11.9 Å². The van der Waals surface area contributed by atoms with Gasteiger partial charge in [0, 0.05) is 25.6 Å². The van der Waals surface area contributed by atoms with Crippen molar-refractivity contribution in [2.45, 2.75) is 44.9 Å². The fraction of sp³-hybridized carbons (Fsp3) is 0.435. The van der Waals surface area contributed by atoms with Crippen LogP contribution in [0.2, 0.25) is 0 Å². The Morgan fingerprint density at radius 3 is 2.23 bits per heavy atom. The summed E-state index contributed by atoms with van der Waals surface area (Å²) in [6.07, 6.45) is -0.306. The normalized spacial score (nSPS) is 16.1. The fourth-order valence-electron chi connectivity index (χ4n) is 3.65. The molecule has 0 bridgehead atoms. The smallest absolute Gasteiger partial charge is 0.416 e. The van der Waals surface area contributed by atoms with Crippen molar-refractivity contribution < 1.29 is 22.7 Å². The molecule has 0 spiro atoms. The number of hydrogen-bond donors (Lipinski definition) is 1. The van der Waals surface area contributed by atoms with Gasteiger partial charge in [0.05, 0.1) is 5.56 Å². The number of nitrogens with zero attached hydrogens (tertiary/aromatic N) is 1. The van der Waals surface area contributed by atoms with Crippen LogP contribution >= 0.6 is 0 Å². The van der Waals surface area contributed by atoms with Gasteiger partial charge in [-0.3, -0.25) is 4.79 Å². The summed E-state index contributed by atoms with van der Waals surface area (Å²) in [5.41, 5.74) is 0.913. The van der Waals surface area contributed by atoms with Crippen LogP contribution in [0.5, 0.6) is 5.75 Å². The van der Waals surface area contributed by atoms with E-state index in [0.717, 1.165) is 43.8 Å². The van der Waals surface area contributed by atoms with Crippen LogP contribution in [-0.2, 0) is 11.0 Å². The Balaban J connectivity index is 1.73. The minimum atomic E-state index is -4.37. The summed E-state index contributed by atoms with van der Waals surface area (Å²) in [5.74, 6) is 0.253. The van der Waals surface area contributed by atoms with Gasteiger partial charge in [-0.2, -0.15) is 13.2 Å². The number of piperidine rings is 1. The number of rotatable bonds is 7. The average molecular weight is 420 g/mol. The number of alkyl halides is 3. The van der Waals surface area contributed by atoms with Gasteiger partial charge < -0.3 is 15.0 Å². The first-order valence-electron chi connectivity index (χ1n) is 10.2. The van der Waals surface area contributed by atoms with Gasteiger partial charge in [-0.15, -0.1) is 0 Å². The first kappa shape index (κ1) is 22.2. The fourth-order valence-corrected chi connectivity index (χ4v) is 3.65. The van der Waals surface area contributed by atoms with E-state index < -0.39 is 11.7 Å². The van der Waals surface area contributed by atoms with E-state index >= 15 is 0 Å². The molecule has 1 unspecified atom stereocenters. The standard InChI is InChI=1S/C23H27F3N2O2/c1-17(29)27-20-9-5-18(6-10-20)22(13-16-28-14-3-2-4-15-28)30-21-11-7-19(8-12-21)23(24,25)26/h5-12,22H,2-4,13-16H2,1H3,(H,27,29). The summed E-state index contributed by atoms with van der Waals surface area (Å²) in [4.78, 5) is 13.6. The lowest BCUT2D eigenvalue weighted by Crippen LogP contribution is -2.31. The molecule has 0 saturated carbocycles. The van der Waals surface area contributed by atoms with E-state index in [1.165, 1.54) is 38.3 Å². The minimum Gasteiger partial charge on any atom is -0.486 e. The Bertz CT molecular complexity index is 814. The summed E-state index contributed by atoms with van der Waals surface area (Å²) in [5, 5.41) is 2.73. The predicted octanol–water partition coefficient (Wildman–Crippen LogP) is 5.66. The van der Waals surface area contributed by atoms with E-state index in [-0.39, 0.29) is 12.0 Å². The van der Waals surface area contributed by atoms with Gasteiger partial charge in [-0.25, -0.2) is 0 Å². The molecule has 2 aromatic rings. The molecule has 162 valence electrons. The van der Waals surface area contributed by atoms with Crippen molar-refractivity contribution >= 4 is 11.6 Å². The lowest BCUT2D eigenvalue weighted by atomic mass is 10.0. The number of amides is 1. The molecule has 30 heavy (non-hydrogen) atoms. The Kier molecular flexibility index (Phi) is 7.37. The number of hydrogen-bond acceptors (Lipinski definition) is 3. The molecule has 1 aliphatic rings. The highest BCUT2D eigenvalue weighted by atomic mass is 19.4. The highest BCUT2D eigenvalue weighted by Gasteiger charge is 2.30. The van der Waals surface area contributed by atoms with Crippen LogP contribution in [0, 0.1) is 0 Å². The van der Waals surface area contributed by atoms with Gasteiger partial charge >= 0.3 is 6.18 Å². The number of ether oxygens (including phenoxy) is 1. The molecule has 1 amide bonds. The maximum absolute atomic E-state index is 12.8. The molecule has 3 rings (SSSR count). The molecule has 4 nitrogen and oxygen atoms in total. The van der Waals surface area contributed by atoms with Gasteiger partial charge in [0.15, 0.2) is 0 Å². The number of benzene rings is 2. The molecule has 1 N–H and O–H groups in total. The van der Waals surface area contributed by atoms with E-state index in [0.29, 0.717) is 11.4 Å². The zero-order chi connectivity index (χ0) is 21.6. The van der Waals surface area contributed by atoms with E-state index in [2.05, 4.69) is 10.2 Å². The molecule has 0 aliphatic carbocycles. The SMILES string of the molecule is CC(=O)Nc1ccc(C(CCN2CCCCC2)Oc2ccc(C(F)(F)F)cc2)cc1. The summed E-state index contributed by atoms with van der Waals surface area (Å²) in [6.45, 7) is 4.44. The summed E-state index contributed by atoms with van der Waals surface area (Å²) < 4.78 is 44.6. The van der Waals surface area contributed by atoms with Crippen molar-refractivity contribution in [3.05, 3.63) is 59.7 Å². The van der Waals surface area contributed by atoms with Crippen molar-refractivity contribution in [2.24, 2.45) is 0 Å². The molecule has 1 heterocycles. The van der Waals surface area contributed by atoms with Gasteiger partial charge in [-0.1, -0.05) is 18.6 Å². The molecule has 2 aromatic carbocycles. The molecule has 1 fully saturated rings. The number of likely N-dealkylation sites (tertiary alicyclic amines) is 1. The Hall–Kier alpha value is -2.54. The molecular formula is C23H27F3N2O2. The third kappa shape index (κ3) is 6.49. The van der Waals surface area contributed by atoms with Crippen molar-refractivity contribution in [3.63, 3.8) is 0 Å². The van der Waals surface area contributed by atoms with E-state index in [9.17, 15) is 18.0 Å². The van der Waals surface area contributed by atoms with Crippen molar-refractivity contribution in [2.75, 3.05) is 25.0 Å². The second-order valence-corrected chi connectivity index (χ2v) is 7.62. The number of halogens is 3. The molecular weight excluding hydrogens is 393 g/mol. The third-order valence-corrected chi connectivity index (χ3v) is 5.22. The molecule has 1 aliphatic heterocycles. The van der Waals surface area contributed by atoms with Gasteiger partial charge in [0.25, 0.3) is 0 Å². The third-order valence-electron chi connectivity index (χ3n) is 5.22. The molecule has 0 aromatic heterocycles. The van der Waals surface area contributed by atoms with Crippen LogP contribution in [0.25, 0.3) is 0 Å². The maximum atomic E-state index is 12.8. The second-order valence-electron chi connectivity index (χ2n) is 7.62. The van der Waals surface area contributed by atoms with Crippen LogP contribution < -0.4 is 10.1 Å². The lowest BCUT2D eigenvalue weighted by Gasteiger charge is -2.28. The second kappa shape index (κ2) is 9.98. The number of carbonyl (C=O) groups is 1. The van der Waals surface area contributed by atoms with E-state index in [4.69, 9.17) is 4.74 Å². The number of nitrogens with one attached hydrogen (secondary N) is 1. The largest absolute Gasteiger partial charge is 0.486 e. The molecule has 0 radical (unpaired) electrons. The topological polar surface area (TPSA) is 41.6 Å². The maximum Gasteiger partial charge on any atom is 0.416 e. The zero-order valence-electron chi connectivity index (χ0n) is 17.0. The van der Waals surface area contributed by atoms with Crippen molar-refractivity contribution in [1.82, 2.24) is 4.90 Å². The number of anilines is 1. The van der Waals surface area contributed by atoms with Crippen LogP contribution in [0.3, 0.4) is 0 Å². The monoisotopic (exact) mass is 420 g/mol. The Morgan fingerprint density at radius 2 is 1.67 bits per heavy atom. The minimum absolute atomic E-state index is 0.148. The quantitative estimate of drug-likeness (QED) is 0.628. The van der Waals surface area contributed by atoms with Crippen LogP contribution in [-0.4, -0.2) is 30.4 Å². The first-order valence-corrected chi connectivity index (χ1v) is 10.2. The number of carbonyl (C=O) groups excluding carboxylic acids is 1. The van der Waals surface area contributed by atoms with Crippen LogP contribution in [0.4, 0.5) is 18.9 Å². The molecule has 1 saturated heterocycles. The molecule has 1 atom stereocenters. The predicted molar refractivity (Wildman–Crippen MR) is 110 cm³/mol. The summed E-state index contributed by atoms with van der Waals surface area (Å²) in [7, 11) is 0. The summed E-state index contributed by atoms with van der Waals surface area (Å²) >= 11 is 0. The van der Waals surface area contributed by atoms with E-state index in [1.54, 1.807) is 12.1 Å². The highest BCUT2D eigenvalue weighted by molar-refractivity contribution is 5.88. The van der Waals surface area contributed by atoms with Crippen LogP contribution in [0.1, 0.15) is 49.8 Å². The lowest BCUT2D eigenvalue weighted by molar-refractivity contribution is -0.137. The van der Waals surface area contributed by atoms with Gasteiger partial charge in [0.2, 0.25) is 5.91 Å². The average Bonchev–Trinajstić information content (AvgIpc) is 2.72. The Morgan fingerprint density at radius 1 is 1.03 bits per heavy atom. The highest BCUT2D eigenvalue weighted by Crippen LogP contribution is 2.32. The van der Waals surface area contributed by atoms with Gasteiger partial charge in [-0.05, 0) is 67.9 Å².